The second kappa shape index (κ2) is 4.55. The fourth-order valence-electron chi connectivity index (χ4n) is 6.97. The van der Waals surface area contributed by atoms with Crippen molar-refractivity contribution in [3.63, 3.8) is 0 Å². The maximum Gasteiger partial charge on any atom is 0.325 e. The van der Waals surface area contributed by atoms with Crippen LogP contribution >= 0.6 is 0 Å². The van der Waals surface area contributed by atoms with Crippen LogP contribution in [0.5, 0.6) is 0 Å². The molecule has 3 heteroatoms. The summed E-state index contributed by atoms with van der Waals surface area (Å²) < 4.78 is 2.17. The largest absolute Gasteiger partial charge is 0.325 e. The van der Waals surface area contributed by atoms with Crippen LogP contribution in [0, 0.1) is 35.5 Å². The molecule has 1 heterocycles. The number of nitrogens with one attached hydrogen (secondary N) is 1. The molecule has 7 rings (SSSR count). The van der Waals surface area contributed by atoms with E-state index in [1.807, 2.05) is 0 Å². The molecule has 1 aromatic rings. The lowest BCUT2D eigenvalue weighted by molar-refractivity contribution is -0.0303. The number of hydrogen-bond donors (Lipinski definition) is 1. The number of aromatic nitrogens is 2. The highest BCUT2D eigenvalue weighted by Gasteiger charge is 2.50. The normalized spacial score (nSPS) is 41.9. The van der Waals surface area contributed by atoms with Crippen molar-refractivity contribution in [1.82, 2.24) is 9.55 Å². The van der Waals surface area contributed by atoms with Gasteiger partial charge in [0.05, 0.1) is 0 Å². The molecule has 0 aromatic carbocycles. The molecule has 3 nitrogen and oxygen atoms in total. The van der Waals surface area contributed by atoms with Crippen LogP contribution in [0.25, 0.3) is 0 Å². The van der Waals surface area contributed by atoms with Gasteiger partial charge in [-0.1, -0.05) is 0 Å². The molecule has 0 radical (unpaired) electrons. The van der Waals surface area contributed by atoms with Crippen molar-refractivity contribution in [2.24, 2.45) is 35.5 Å². The zero-order chi connectivity index (χ0) is 15.1. The van der Waals surface area contributed by atoms with Crippen molar-refractivity contribution < 1.29 is 0 Å². The van der Waals surface area contributed by atoms with E-state index in [1.165, 1.54) is 63.5 Å². The van der Waals surface area contributed by atoms with Gasteiger partial charge >= 0.3 is 5.69 Å². The number of aromatic amines is 1. The molecule has 1 aromatic heterocycles. The topological polar surface area (TPSA) is 37.8 Å². The molecule has 124 valence electrons. The van der Waals surface area contributed by atoms with Gasteiger partial charge in [0.2, 0.25) is 0 Å². The molecule has 0 saturated heterocycles. The molecule has 0 aliphatic heterocycles. The molecule has 4 bridgehead atoms. The number of hydrogen-bond acceptors (Lipinski definition) is 1. The molecular formula is C20H28N2O. The predicted octanol–water partition coefficient (Wildman–Crippen LogP) is 4.08. The number of H-pyrrole nitrogens is 1. The van der Waals surface area contributed by atoms with Gasteiger partial charge in [0.1, 0.15) is 0 Å². The van der Waals surface area contributed by atoms with Crippen LogP contribution in [0.4, 0.5) is 0 Å². The van der Waals surface area contributed by atoms with Gasteiger partial charge in [-0.15, -0.1) is 0 Å². The standard InChI is InChI=1S/C20H28N2O/c23-20-21-17(18(13-1-2-13)14-3-4-14)10-22(20)19-15-6-11-5-12(8-15)9-16(19)7-11/h10-16,18-19H,1-9H2,(H,21,23). The predicted molar refractivity (Wildman–Crippen MR) is 89.3 cm³/mol. The summed E-state index contributed by atoms with van der Waals surface area (Å²) in [6.07, 6.45) is 14.8. The number of rotatable bonds is 4. The minimum absolute atomic E-state index is 0.198. The molecule has 6 fully saturated rings. The smallest absolute Gasteiger partial charge is 0.310 e. The molecule has 23 heavy (non-hydrogen) atoms. The summed E-state index contributed by atoms with van der Waals surface area (Å²) in [6, 6.07) is 0.513. The number of imidazole rings is 1. The van der Waals surface area contributed by atoms with E-state index in [4.69, 9.17) is 0 Å². The van der Waals surface area contributed by atoms with Gasteiger partial charge < -0.3 is 4.98 Å². The molecule has 1 N–H and O–H groups in total. The Morgan fingerprint density at radius 3 is 2.00 bits per heavy atom. The summed E-state index contributed by atoms with van der Waals surface area (Å²) in [5, 5.41) is 0. The van der Waals surface area contributed by atoms with E-state index in [2.05, 4.69) is 15.7 Å². The first-order valence-electron chi connectivity index (χ1n) is 10.1. The fraction of sp³-hybridized carbons (Fsp3) is 0.850. The third kappa shape index (κ3) is 2.04. The van der Waals surface area contributed by atoms with Crippen molar-refractivity contribution in [2.75, 3.05) is 0 Å². The zero-order valence-electron chi connectivity index (χ0n) is 13.9. The Hall–Kier alpha value is -0.990. The summed E-state index contributed by atoms with van der Waals surface area (Å²) in [5.74, 6) is 5.93. The molecule has 0 amide bonds. The van der Waals surface area contributed by atoms with Gasteiger partial charge in [0, 0.05) is 23.9 Å². The first-order valence-corrected chi connectivity index (χ1v) is 10.1. The third-order valence-corrected chi connectivity index (χ3v) is 7.88. The van der Waals surface area contributed by atoms with E-state index in [1.54, 1.807) is 0 Å². The van der Waals surface area contributed by atoms with Crippen LogP contribution in [-0.2, 0) is 0 Å². The number of nitrogens with zero attached hydrogens (tertiary/aromatic N) is 1. The van der Waals surface area contributed by atoms with Crippen LogP contribution in [-0.4, -0.2) is 9.55 Å². The average molecular weight is 312 g/mol. The summed E-state index contributed by atoms with van der Waals surface area (Å²) in [7, 11) is 0. The third-order valence-electron chi connectivity index (χ3n) is 7.88. The van der Waals surface area contributed by atoms with E-state index in [0.717, 1.165) is 35.5 Å². The van der Waals surface area contributed by atoms with E-state index in [9.17, 15) is 4.79 Å². The first kappa shape index (κ1) is 13.3. The monoisotopic (exact) mass is 312 g/mol. The molecule has 6 saturated carbocycles. The maximum absolute atomic E-state index is 12.8. The Kier molecular flexibility index (Phi) is 2.63. The van der Waals surface area contributed by atoms with Crippen molar-refractivity contribution in [2.45, 2.75) is 69.7 Å². The van der Waals surface area contributed by atoms with Crippen LogP contribution in [0.1, 0.15) is 75.4 Å². The Bertz CT molecular complexity index is 638. The summed E-state index contributed by atoms with van der Waals surface area (Å²) in [4.78, 5) is 16.1. The highest BCUT2D eigenvalue weighted by atomic mass is 16.1. The van der Waals surface area contributed by atoms with Gasteiger partial charge in [-0.05, 0) is 93.3 Å². The SMILES string of the molecule is O=c1[nH]c(C(C2CC2)C2CC2)cn1C1C2CC3CC(C2)CC1C3. The molecule has 6 aliphatic carbocycles. The fourth-order valence-corrected chi connectivity index (χ4v) is 6.97. The van der Waals surface area contributed by atoms with E-state index in [0.29, 0.717) is 12.0 Å². The van der Waals surface area contributed by atoms with Crippen LogP contribution in [0.2, 0.25) is 0 Å². The Labute approximate surface area is 137 Å². The zero-order valence-corrected chi connectivity index (χ0v) is 13.9. The minimum atomic E-state index is 0.198. The van der Waals surface area contributed by atoms with Crippen molar-refractivity contribution >= 4 is 0 Å². The Morgan fingerprint density at radius 2 is 1.48 bits per heavy atom. The van der Waals surface area contributed by atoms with E-state index < -0.39 is 0 Å². The van der Waals surface area contributed by atoms with Crippen LogP contribution < -0.4 is 5.69 Å². The van der Waals surface area contributed by atoms with Gasteiger partial charge in [-0.2, -0.15) is 0 Å². The average Bonchev–Trinajstić information content (AvgIpc) is 3.40. The highest BCUT2D eigenvalue weighted by Crippen LogP contribution is 2.58. The molecule has 6 aliphatic rings. The van der Waals surface area contributed by atoms with Crippen molar-refractivity contribution in [3.8, 4) is 0 Å². The quantitative estimate of drug-likeness (QED) is 0.894. The van der Waals surface area contributed by atoms with Gasteiger partial charge in [-0.3, -0.25) is 4.57 Å². The van der Waals surface area contributed by atoms with Crippen LogP contribution in [0.15, 0.2) is 11.0 Å². The molecule has 0 unspecified atom stereocenters. The van der Waals surface area contributed by atoms with Crippen molar-refractivity contribution in [1.29, 1.82) is 0 Å². The highest BCUT2D eigenvalue weighted by molar-refractivity contribution is 5.16. The summed E-state index contributed by atoms with van der Waals surface area (Å²) in [5.41, 5.74) is 1.48. The van der Waals surface area contributed by atoms with Crippen molar-refractivity contribution in [3.05, 3.63) is 22.4 Å². The maximum atomic E-state index is 12.8. The van der Waals surface area contributed by atoms with Gasteiger partial charge in [-0.25, -0.2) is 4.79 Å². The van der Waals surface area contributed by atoms with E-state index >= 15 is 0 Å². The second-order valence-electron chi connectivity index (χ2n) is 9.54. The Morgan fingerprint density at radius 1 is 0.913 bits per heavy atom. The second-order valence-corrected chi connectivity index (χ2v) is 9.54. The Balaban J connectivity index is 1.35. The summed E-state index contributed by atoms with van der Waals surface area (Å²) in [6.45, 7) is 0. The lowest BCUT2D eigenvalue weighted by atomic mass is 9.54. The van der Waals surface area contributed by atoms with Crippen LogP contribution in [0.3, 0.4) is 0 Å². The van der Waals surface area contributed by atoms with Gasteiger partial charge in [0.25, 0.3) is 0 Å². The summed E-state index contributed by atoms with van der Waals surface area (Å²) >= 11 is 0. The van der Waals surface area contributed by atoms with E-state index in [-0.39, 0.29) is 5.69 Å². The lowest BCUT2D eigenvalue weighted by Crippen LogP contribution is -2.47. The first-order chi connectivity index (χ1) is 11.3. The van der Waals surface area contributed by atoms with Gasteiger partial charge in [0.15, 0.2) is 0 Å². The minimum Gasteiger partial charge on any atom is -0.310 e. The molecule has 0 spiro atoms. The molecule has 0 atom stereocenters. The molecular weight excluding hydrogens is 284 g/mol. The lowest BCUT2D eigenvalue weighted by Gasteiger charge is -2.54.